The van der Waals surface area contributed by atoms with Gasteiger partial charge in [-0.1, -0.05) is 54.6 Å². The maximum absolute atomic E-state index is 5.48. The van der Waals surface area contributed by atoms with E-state index in [0.29, 0.717) is 0 Å². The fraction of sp³-hybridized carbons (Fsp3) is 0.286. The van der Waals surface area contributed by atoms with Crippen molar-refractivity contribution in [2.45, 2.75) is 25.3 Å². The van der Waals surface area contributed by atoms with Crippen molar-refractivity contribution in [1.82, 2.24) is 5.32 Å². The van der Waals surface area contributed by atoms with Crippen LogP contribution in [-0.4, -0.2) is 27.9 Å². The molecular weight excluding hydrogens is 398 g/mol. The first kappa shape index (κ1) is 23.4. The van der Waals surface area contributed by atoms with Crippen LogP contribution in [0, 0.1) is 0 Å². The second-order valence-electron chi connectivity index (χ2n) is 7.98. The number of hydrogen-bond donors (Lipinski definition) is 1. The van der Waals surface area contributed by atoms with Gasteiger partial charge in [0.15, 0.2) is 0 Å². The molecule has 0 fully saturated rings. The molecule has 3 rings (SSSR count). The van der Waals surface area contributed by atoms with Crippen LogP contribution in [0.25, 0.3) is 6.08 Å². The molecule has 0 heterocycles. The molecule has 0 spiro atoms. The van der Waals surface area contributed by atoms with Crippen molar-refractivity contribution in [3.05, 3.63) is 95.6 Å². The lowest BCUT2D eigenvalue weighted by molar-refractivity contribution is 0.366. The summed E-state index contributed by atoms with van der Waals surface area (Å²) in [4.78, 5) is 0. The number of rotatable bonds is 11. The Morgan fingerprint density at radius 3 is 2.12 bits per heavy atom. The molecule has 0 saturated heterocycles. The third-order valence-corrected chi connectivity index (χ3v) is 5.68. The Hall–Kier alpha value is -3.24. The predicted molar refractivity (Wildman–Crippen MR) is 132 cm³/mol. The van der Waals surface area contributed by atoms with E-state index in [2.05, 4.69) is 72.9 Å². The van der Waals surface area contributed by atoms with Crippen LogP contribution in [0.1, 0.15) is 30.0 Å². The van der Waals surface area contributed by atoms with Gasteiger partial charge in [-0.15, -0.1) is 0 Å². The summed E-state index contributed by atoms with van der Waals surface area (Å²) in [5.74, 6) is 2.47. The van der Waals surface area contributed by atoms with Gasteiger partial charge in [0.1, 0.15) is 17.2 Å². The molecule has 4 nitrogen and oxygen atoms in total. The van der Waals surface area contributed by atoms with E-state index in [9.17, 15) is 0 Å². The van der Waals surface area contributed by atoms with Crippen molar-refractivity contribution in [1.29, 1.82) is 0 Å². The minimum Gasteiger partial charge on any atom is -0.497 e. The highest BCUT2D eigenvalue weighted by molar-refractivity contribution is 5.49. The summed E-state index contributed by atoms with van der Waals surface area (Å²) < 4.78 is 16.3. The number of ether oxygens (including phenoxy) is 3. The monoisotopic (exact) mass is 431 g/mol. The lowest BCUT2D eigenvalue weighted by Gasteiger charge is -2.31. The Morgan fingerprint density at radius 1 is 0.781 bits per heavy atom. The Bertz CT molecular complexity index is 994. The zero-order chi connectivity index (χ0) is 22.8. The summed E-state index contributed by atoms with van der Waals surface area (Å²) in [5, 5.41) is 3.79. The van der Waals surface area contributed by atoms with E-state index in [4.69, 9.17) is 14.2 Å². The van der Waals surface area contributed by atoms with Crippen LogP contribution in [0.2, 0.25) is 0 Å². The molecule has 0 aliphatic heterocycles. The van der Waals surface area contributed by atoms with Crippen molar-refractivity contribution in [3.63, 3.8) is 0 Å². The second-order valence-corrected chi connectivity index (χ2v) is 7.98. The van der Waals surface area contributed by atoms with Gasteiger partial charge in [0.05, 0.1) is 21.3 Å². The number of benzene rings is 3. The molecule has 0 saturated carbocycles. The summed E-state index contributed by atoms with van der Waals surface area (Å²) in [5.41, 5.74) is 3.31. The van der Waals surface area contributed by atoms with Gasteiger partial charge in [-0.2, -0.15) is 0 Å². The highest BCUT2D eigenvalue weighted by atomic mass is 16.5. The number of nitrogens with one attached hydrogen (secondary N) is 1. The Labute approximate surface area is 191 Å². The standard InChI is InChI=1S/C28H33NO3/c1-28(24-13-8-14-25(20-24)30-2,16-9-12-22-10-6-5-7-11-22)29-17-15-23-18-26(31-3)21-27(19-23)32-4/h5-14,18-21,29H,15-17H2,1-4H3. The van der Waals surface area contributed by atoms with Gasteiger partial charge in [-0.05, 0) is 60.7 Å². The molecule has 0 aliphatic carbocycles. The van der Waals surface area contributed by atoms with Gasteiger partial charge in [0.2, 0.25) is 0 Å². The highest BCUT2D eigenvalue weighted by Gasteiger charge is 2.25. The zero-order valence-electron chi connectivity index (χ0n) is 19.4. The molecule has 168 valence electrons. The third-order valence-electron chi connectivity index (χ3n) is 5.68. The van der Waals surface area contributed by atoms with Crippen LogP contribution < -0.4 is 19.5 Å². The zero-order valence-corrected chi connectivity index (χ0v) is 19.4. The summed E-state index contributed by atoms with van der Waals surface area (Å²) in [7, 11) is 5.06. The molecule has 3 aromatic rings. The second kappa shape index (κ2) is 11.4. The average molecular weight is 432 g/mol. The molecule has 0 radical (unpaired) electrons. The van der Waals surface area contributed by atoms with Crippen molar-refractivity contribution in [2.24, 2.45) is 0 Å². The summed E-state index contributed by atoms with van der Waals surface area (Å²) >= 11 is 0. The van der Waals surface area contributed by atoms with E-state index < -0.39 is 0 Å². The normalized spacial score (nSPS) is 13.0. The average Bonchev–Trinajstić information content (AvgIpc) is 2.84. The Balaban J connectivity index is 1.77. The molecule has 3 aromatic carbocycles. The van der Waals surface area contributed by atoms with Crippen LogP contribution >= 0.6 is 0 Å². The van der Waals surface area contributed by atoms with E-state index in [0.717, 1.165) is 36.6 Å². The third kappa shape index (κ3) is 6.38. The molecule has 0 aliphatic rings. The van der Waals surface area contributed by atoms with E-state index in [1.54, 1.807) is 21.3 Å². The van der Waals surface area contributed by atoms with E-state index in [-0.39, 0.29) is 5.54 Å². The number of methoxy groups -OCH3 is 3. The molecule has 1 unspecified atom stereocenters. The quantitative estimate of drug-likeness (QED) is 0.413. The van der Waals surface area contributed by atoms with E-state index >= 15 is 0 Å². The van der Waals surface area contributed by atoms with Crippen molar-refractivity contribution in [3.8, 4) is 17.2 Å². The van der Waals surface area contributed by atoms with Gasteiger partial charge in [-0.3, -0.25) is 0 Å². The smallest absolute Gasteiger partial charge is 0.122 e. The SMILES string of the molecule is COc1cc(CCNC(C)(CC=Cc2ccccc2)c2cccc(OC)c2)cc(OC)c1. The molecule has 0 bridgehead atoms. The van der Waals surface area contributed by atoms with Crippen molar-refractivity contribution >= 4 is 6.08 Å². The first-order valence-electron chi connectivity index (χ1n) is 10.9. The molecular formula is C28H33NO3. The minimum atomic E-state index is -0.247. The summed E-state index contributed by atoms with van der Waals surface area (Å²) in [6.45, 7) is 3.05. The van der Waals surface area contributed by atoms with E-state index in [1.807, 2.05) is 24.3 Å². The van der Waals surface area contributed by atoms with Crippen LogP contribution in [0.5, 0.6) is 17.2 Å². The molecule has 0 amide bonds. The summed E-state index contributed by atoms with van der Waals surface area (Å²) in [6, 6.07) is 24.7. The van der Waals surface area contributed by atoms with Crippen molar-refractivity contribution in [2.75, 3.05) is 27.9 Å². The van der Waals surface area contributed by atoms with E-state index in [1.165, 1.54) is 16.7 Å². The van der Waals surface area contributed by atoms with Gasteiger partial charge >= 0.3 is 0 Å². The fourth-order valence-corrected chi connectivity index (χ4v) is 3.75. The largest absolute Gasteiger partial charge is 0.497 e. The van der Waals surface area contributed by atoms with Gasteiger partial charge in [0, 0.05) is 18.2 Å². The van der Waals surface area contributed by atoms with Crippen LogP contribution in [-0.2, 0) is 12.0 Å². The van der Waals surface area contributed by atoms with Gasteiger partial charge in [0.25, 0.3) is 0 Å². The van der Waals surface area contributed by atoms with Crippen LogP contribution in [0.3, 0.4) is 0 Å². The topological polar surface area (TPSA) is 39.7 Å². The fourth-order valence-electron chi connectivity index (χ4n) is 3.75. The van der Waals surface area contributed by atoms with Gasteiger partial charge in [-0.25, -0.2) is 0 Å². The highest BCUT2D eigenvalue weighted by Crippen LogP contribution is 2.29. The first-order valence-corrected chi connectivity index (χ1v) is 10.9. The van der Waals surface area contributed by atoms with Gasteiger partial charge < -0.3 is 19.5 Å². The van der Waals surface area contributed by atoms with Crippen LogP contribution in [0.4, 0.5) is 0 Å². The molecule has 1 atom stereocenters. The first-order chi connectivity index (χ1) is 15.6. The lowest BCUT2D eigenvalue weighted by Crippen LogP contribution is -2.40. The Kier molecular flexibility index (Phi) is 8.34. The molecule has 1 N–H and O–H groups in total. The molecule has 0 aromatic heterocycles. The lowest BCUT2D eigenvalue weighted by atomic mass is 9.87. The maximum Gasteiger partial charge on any atom is 0.122 e. The predicted octanol–water partition coefficient (Wildman–Crippen LogP) is 5.86. The summed E-state index contributed by atoms with van der Waals surface area (Å²) in [6.07, 6.45) is 6.11. The maximum atomic E-state index is 5.48. The van der Waals surface area contributed by atoms with Crippen molar-refractivity contribution < 1.29 is 14.2 Å². The Morgan fingerprint density at radius 2 is 1.47 bits per heavy atom. The molecule has 4 heteroatoms. The number of hydrogen-bond acceptors (Lipinski definition) is 4. The molecule has 32 heavy (non-hydrogen) atoms. The minimum absolute atomic E-state index is 0.247. The van der Waals surface area contributed by atoms with Crippen LogP contribution in [0.15, 0.2) is 78.9 Å².